The van der Waals surface area contributed by atoms with Crippen LogP contribution < -0.4 is 0 Å². The maximum atomic E-state index is 9.47. The third-order valence-electron chi connectivity index (χ3n) is 4.98. The zero-order valence-corrected chi connectivity index (χ0v) is 15.6. The second-order valence-corrected chi connectivity index (χ2v) is 9.24. The molecular weight excluding hydrogens is 319 g/mol. The van der Waals surface area contributed by atoms with Crippen molar-refractivity contribution in [3.63, 3.8) is 0 Å². The molecule has 0 atom stereocenters. The van der Waals surface area contributed by atoms with E-state index in [1.54, 1.807) is 0 Å². The average Bonchev–Trinajstić information content (AvgIpc) is 2.32. The van der Waals surface area contributed by atoms with Crippen molar-refractivity contribution >= 4 is 8.60 Å². The highest BCUT2D eigenvalue weighted by Gasteiger charge is 2.70. The molecule has 2 rings (SSSR count). The molecule has 0 spiro atoms. The van der Waals surface area contributed by atoms with E-state index in [4.69, 9.17) is 19.1 Å². The Kier molecular flexibility index (Phi) is 5.80. The van der Waals surface area contributed by atoms with E-state index in [-0.39, 0.29) is 17.4 Å². The van der Waals surface area contributed by atoms with Crippen molar-refractivity contribution in [1.29, 1.82) is 0 Å². The van der Waals surface area contributed by atoms with Crippen molar-refractivity contribution in [2.75, 3.05) is 26.4 Å². The molecule has 136 valence electrons. The van der Waals surface area contributed by atoms with Crippen LogP contribution in [0.5, 0.6) is 0 Å². The van der Waals surface area contributed by atoms with E-state index in [1.165, 1.54) is 0 Å². The summed E-state index contributed by atoms with van der Waals surface area (Å²) >= 11 is 0. The molecule has 2 fully saturated rings. The van der Waals surface area contributed by atoms with Gasteiger partial charge in [0.15, 0.2) is 0 Å². The van der Waals surface area contributed by atoms with Gasteiger partial charge in [0.05, 0.1) is 32.0 Å². The van der Waals surface area contributed by atoms with Crippen molar-refractivity contribution in [2.24, 2.45) is 10.8 Å². The van der Waals surface area contributed by atoms with E-state index in [0.29, 0.717) is 19.8 Å². The van der Waals surface area contributed by atoms with Crippen molar-refractivity contribution in [1.82, 2.24) is 0 Å². The van der Waals surface area contributed by atoms with Crippen molar-refractivity contribution in [2.45, 2.75) is 64.6 Å². The quantitative estimate of drug-likeness (QED) is 0.437. The van der Waals surface area contributed by atoms with E-state index in [9.17, 15) is 9.79 Å². The second-order valence-electron chi connectivity index (χ2n) is 8.55. The first kappa shape index (κ1) is 19.5. The number of hydrogen-bond acceptors (Lipinski definition) is 6. The first-order chi connectivity index (χ1) is 10.6. The van der Waals surface area contributed by atoms with Crippen molar-refractivity contribution in [3.05, 3.63) is 0 Å². The molecule has 0 saturated heterocycles. The van der Waals surface area contributed by atoms with Gasteiger partial charge in [-0.3, -0.25) is 0 Å². The van der Waals surface area contributed by atoms with E-state index in [0.717, 1.165) is 25.7 Å². The lowest BCUT2D eigenvalue weighted by Crippen LogP contribution is -2.72. The van der Waals surface area contributed by atoms with Gasteiger partial charge in [0.2, 0.25) is 0 Å². The van der Waals surface area contributed by atoms with Gasteiger partial charge >= 0.3 is 8.60 Å². The summed E-state index contributed by atoms with van der Waals surface area (Å²) < 4.78 is 17.1. The zero-order valence-electron chi connectivity index (χ0n) is 14.7. The monoisotopic (exact) mass is 350 g/mol. The molecule has 2 aliphatic rings. The lowest BCUT2D eigenvalue weighted by atomic mass is 9.46. The van der Waals surface area contributed by atoms with Gasteiger partial charge in [-0.25, -0.2) is 0 Å². The molecule has 0 unspecified atom stereocenters. The van der Waals surface area contributed by atoms with Crippen LogP contribution in [0.25, 0.3) is 0 Å². The van der Waals surface area contributed by atoms with E-state index < -0.39 is 19.8 Å². The van der Waals surface area contributed by atoms with Gasteiger partial charge in [-0.2, -0.15) is 0 Å². The Morgan fingerprint density at radius 3 is 1.78 bits per heavy atom. The molecule has 2 aliphatic carbocycles. The molecular formula is C16H31O6P. The molecule has 0 aromatic heterocycles. The first-order valence-corrected chi connectivity index (χ1v) is 9.42. The third-order valence-corrected chi connectivity index (χ3v) is 5.50. The fourth-order valence-electron chi connectivity index (χ4n) is 4.63. The van der Waals surface area contributed by atoms with E-state index >= 15 is 0 Å². The molecule has 0 amide bonds. The number of ether oxygens (including phenoxy) is 2. The third kappa shape index (κ3) is 4.24. The fraction of sp³-hybridized carbons (Fsp3) is 1.00. The molecule has 0 heterocycles. The maximum Gasteiger partial charge on any atom is 0.327 e. The Bertz CT molecular complexity index is 388. The first-order valence-electron chi connectivity index (χ1n) is 8.25. The number of aliphatic hydroxyl groups is 1. The van der Waals surface area contributed by atoms with Crippen LogP contribution in [0.4, 0.5) is 0 Å². The number of rotatable bonds is 9. The van der Waals surface area contributed by atoms with Crippen LogP contribution in [-0.2, 0) is 14.0 Å². The Labute approximate surface area is 140 Å². The van der Waals surface area contributed by atoms with Gasteiger partial charge in [0, 0.05) is 0 Å². The maximum absolute atomic E-state index is 9.47. The molecule has 6 nitrogen and oxygen atoms in total. The molecule has 7 heteroatoms. The molecule has 23 heavy (non-hydrogen) atoms. The molecule has 0 aromatic rings. The van der Waals surface area contributed by atoms with Crippen LogP contribution in [-0.4, -0.2) is 52.5 Å². The highest BCUT2D eigenvalue weighted by Crippen LogP contribution is 2.67. The van der Waals surface area contributed by atoms with Crippen LogP contribution in [0, 0.1) is 10.8 Å². The minimum absolute atomic E-state index is 0.00126. The minimum Gasteiger partial charge on any atom is -0.394 e. The highest BCUT2D eigenvalue weighted by molar-refractivity contribution is 7.39. The summed E-state index contributed by atoms with van der Waals surface area (Å²) in [7, 11) is -2.42. The van der Waals surface area contributed by atoms with Crippen LogP contribution in [0.3, 0.4) is 0 Å². The van der Waals surface area contributed by atoms with Gasteiger partial charge in [-0.1, -0.05) is 27.7 Å². The van der Waals surface area contributed by atoms with Gasteiger partial charge in [-0.15, -0.1) is 0 Å². The van der Waals surface area contributed by atoms with Gasteiger partial charge in [0.25, 0.3) is 0 Å². The topological polar surface area (TPSA) is 88.4 Å². The molecule has 0 bridgehead atoms. The van der Waals surface area contributed by atoms with Gasteiger partial charge in [-0.05, 0) is 36.5 Å². The van der Waals surface area contributed by atoms with Crippen LogP contribution >= 0.6 is 8.60 Å². The Morgan fingerprint density at radius 2 is 1.35 bits per heavy atom. The Morgan fingerprint density at radius 1 is 0.826 bits per heavy atom. The smallest absolute Gasteiger partial charge is 0.327 e. The average molecular weight is 350 g/mol. The lowest BCUT2D eigenvalue weighted by molar-refractivity contribution is -0.297. The summed E-state index contributed by atoms with van der Waals surface area (Å²) in [5.74, 6) is 0. The normalized spacial score (nSPS) is 26.6. The number of hydrogen-bond donors (Lipinski definition) is 3. The Balaban J connectivity index is 2.06. The highest BCUT2D eigenvalue weighted by atomic mass is 31.2. The SMILES string of the molecule is CC1(C)CC(OCCOCCO)(C2(OP(O)O)CC(C)(C)C2)C1. The molecule has 0 aromatic carbocycles. The van der Waals surface area contributed by atoms with Crippen LogP contribution in [0.2, 0.25) is 0 Å². The zero-order chi connectivity index (χ0) is 17.4. The lowest BCUT2D eigenvalue weighted by Gasteiger charge is -2.68. The summed E-state index contributed by atoms with van der Waals surface area (Å²) in [5.41, 5.74) is -0.830. The van der Waals surface area contributed by atoms with Crippen molar-refractivity contribution < 1.29 is 28.9 Å². The summed E-state index contributed by atoms with van der Waals surface area (Å²) in [5, 5.41) is 8.75. The molecule has 3 N–H and O–H groups in total. The van der Waals surface area contributed by atoms with Gasteiger partial charge in [0.1, 0.15) is 5.60 Å². The summed E-state index contributed by atoms with van der Waals surface area (Å²) in [6.07, 6.45) is 3.18. The largest absolute Gasteiger partial charge is 0.394 e. The standard InChI is InChI=1S/C16H31O6P/c1-13(2)9-15(10-13,21-8-7-20-6-5-17)16(22-23(18)19)11-14(3,4)12-16/h17-19H,5-12H2,1-4H3. The predicted molar refractivity (Wildman–Crippen MR) is 87.8 cm³/mol. The number of aliphatic hydroxyl groups excluding tert-OH is 1. The van der Waals surface area contributed by atoms with Crippen LogP contribution in [0.15, 0.2) is 0 Å². The minimum atomic E-state index is -2.42. The molecule has 0 aliphatic heterocycles. The van der Waals surface area contributed by atoms with E-state index in [1.807, 2.05) is 0 Å². The van der Waals surface area contributed by atoms with E-state index in [2.05, 4.69) is 27.7 Å². The van der Waals surface area contributed by atoms with Crippen molar-refractivity contribution in [3.8, 4) is 0 Å². The molecule has 2 saturated carbocycles. The molecule has 0 radical (unpaired) electrons. The summed E-state index contributed by atoms with van der Waals surface area (Å²) in [4.78, 5) is 18.9. The summed E-state index contributed by atoms with van der Waals surface area (Å²) in [6.45, 7) is 9.82. The second kappa shape index (κ2) is 6.83. The predicted octanol–water partition coefficient (Wildman–Crippen LogP) is 2.36. The Hall–Kier alpha value is 0.190. The van der Waals surface area contributed by atoms with Crippen LogP contribution in [0.1, 0.15) is 53.4 Å². The van der Waals surface area contributed by atoms with Gasteiger partial charge < -0.3 is 28.9 Å². The summed E-state index contributed by atoms with van der Waals surface area (Å²) in [6, 6.07) is 0. The fourth-order valence-corrected chi connectivity index (χ4v) is 5.24.